The highest BCUT2D eigenvalue weighted by molar-refractivity contribution is 5.93. The summed E-state index contributed by atoms with van der Waals surface area (Å²) in [6.07, 6.45) is 1.55. The molecule has 1 amide bonds. The number of hydrogen-bond donors (Lipinski definition) is 1. The third-order valence-electron chi connectivity index (χ3n) is 3.16. The number of anilines is 1. The van der Waals surface area contributed by atoms with E-state index in [9.17, 15) is 4.79 Å². The van der Waals surface area contributed by atoms with Gasteiger partial charge in [0.2, 0.25) is 0 Å². The summed E-state index contributed by atoms with van der Waals surface area (Å²) < 4.78 is 0. The number of aromatic nitrogens is 1. The van der Waals surface area contributed by atoms with Crippen LogP contribution in [-0.4, -0.2) is 28.9 Å². The van der Waals surface area contributed by atoms with Gasteiger partial charge >= 0.3 is 0 Å². The number of pyridine rings is 1. The predicted octanol–water partition coefficient (Wildman–Crippen LogP) is 2.17. The van der Waals surface area contributed by atoms with E-state index in [1.165, 1.54) is 0 Å². The average molecular weight is 235 g/mol. The first-order valence-corrected chi connectivity index (χ1v) is 5.72. The minimum Gasteiger partial charge on any atom is -0.399 e. The second kappa shape index (κ2) is 4.73. The van der Waals surface area contributed by atoms with Crippen molar-refractivity contribution >= 4 is 11.6 Å². The number of amides is 1. The van der Waals surface area contributed by atoms with Crippen molar-refractivity contribution < 1.29 is 4.79 Å². The molecule has 1 aromatic heterocycles. The van der Waals surface area contributed by atoms with Gasteiger partial charge in [-0.3, -0.25) is 9.78 Å². The highest BCUT2D eigenvalue weighted by atomic mass is 16.2. The lowest BCUT2D eigenvalue weighted by Crippen LogP contribution is -2.43. The number of rotatable bonds is 2. The molecule has 94 valence electrons. The van der Waals surface area contributed by atoms with E-state index >= 15 is 0 Å². The zero-order valence-corrected chi connectivity index (χ0v) is 11.2. The summed E-state index contributed by atoms with van der Waals surface area (Å²) in [6, 6.07) is 3.40. The molecule has 0 spiro atoms. The molecule has 1 atom stereocenters. The van der Waals surface area contributed by atoms with E-state index in [1.807, 2.05) is 6.92 Å². The molecular weight excluding hydrogens is 214 g/mol. The number of nitrogen functional groups attached to an aromatic ring is 1. The van der Waals surface area contributed by atoms with Gasteiger partial charge in [0.25, 0.3) is 5.91 Å². The topological polar surface area (TPSA) is 59.2 Å². The lowest BCUT2D eigenvalue weighted by atomic mass is 9.87. The van der Waals surface area contributed by atoms with Crippen molar-refractivity contribution in [2.75, 3.05) is 12.8 Å². The minimum absolute atomic E-state index is 0.0325. The molecule has 2 N–H and O–H groups in total. The van der Waals surface area contributed by atoms with Crippen LogP contribution in [0.5, 0.6) is 0 Å². The van der Waals surface area contributed by atoms with Gasteiger partial charge in [-0.1, -0.05) is 20.8 Å². The van der Waals surface area contributed by atoms with E-state index in [2.05, 4.69) is 25.8 Å². The summed E-state index contributed by atoms with van der Waals surface area (Å²) in [5, 5.41) is 0. The first-order chi connectivity index (χ1) is 7.73. The fourth-order valence-corrected chi connectivity index (χ4v) is 1.50. The van der Waals surface area contributed by atoms with E-state index in [-0.39, 0.29) is 17.4 Å². The van der Waals surface area contributed by atoms with Gasteiger partial charge in [-0.15, -0.1) is 0 Å². The van der Waals surface area contributed by atoms with E-state index in [0.717, 1.165) is 0 Å². The Labute approximate surface area is 103 Å². The van der Waals surface area contributed by atoms with E-state index < -0.39 is 0 Å². The van der Waals surface area contributed by atoms with Gasteiger partial charge in [0.1, 0.15) is 5.69 Å². The van der Waals surface area contributed by atoms with Crippen LogP contribution in [0.1, 0.15) is 38.2 Å². The Morgan fingerprint density at radius 3 is 2.53 bits per heavy atom. The van der Waals surface area contributed by atoms with E-state index in [1.54, 1.807) is 30.3 Å². The number of carbonyl (C=O) groups excluding carboxylic acids is 1. The van der Waals surface area contributed by atoms with Gasteiger partial charge in [0.05, 0.1) is 0 Å². The van der Waals surface area contributed by atoms with Crippen molar-refractivity contribution in [1.82, 2.24) is 9.88 Å². The van der Waals surface area contributed by atoms with Crippen LogP contribution in [0.25, 0.3) is 0 Å². The maximum Gasteiger partial charge on any atom is 0.272 e. The van der Waals surface area contributed by atoms with Gasteiger partial charge in [-0.2, -0.15) is 0 Å². The molecular formula is C13H21N3O. The van der Waals surface area contributed by atoms with Crippen LogP contribution in [0.2, 0.25) is 0 Å². The Bertz CT molecular complexity index is 409. The van der Waals surface area contributed by atoms with Crippen molar-refractivity contribution in [2.24, 2.45) is 5.41 Å². The third kappa shape index (κ3) is 3.19. The number of nitrogens with zero attached hydrogens (tertiary/aromatic N) is 2. The Balaban J connectivity index is 2.91. The van der Waals surface area contributed by atoms with Gasteiger partial charge in [-0.05, 0) is 24.5 Å². The van der Waals surface area contributed by atoms with Crippen LogP contribution in [0, 0.1) is 5.41 Å². The van der Waals surface area contributed by atoms with Gasteiger partial charge < -0.3 is 10.6 Å². The number of hydrogen-bond acceptors (Lipinski definition) is 3. The molecule has 0 bridgehead atoms. The van der Waals surface area contributed by atoms with Crippen molar-refractivity contribution in [3.05, 3.63) is 24.0 Å². The molecule has 0 aromatic carbocycles. The van der Waals surface area contributed by atoms with Crippen LogP contribution in [0.3, 0.4) is 0 Å². The lowest BCUT2D eigenvalue weighted by molar-refractivity contribution is 0.0623. The molecule has 17 heavy (non-hydrogen) atoms. The maximum atomic E-state index is 12.2. The predicted molar refractivity (Wildman–Crippen MR) is 69.7 cm³/mol. The van der Waals surface area contributed by atoms with Gasteiger partial charge in [0.15, 0.2) is 0 Å². The summed E-state index contributed by atoms with van der Waals surface area (Å²) in [6.45, 7) is 8.35. The molecule has 1 aromatic rings. The summed E-state index contributed by atoms with van der Waals surface area (Å²) >= 11 is 0. The van der Waals surface area contributed by atoms with Crippen LogP contribution in [-0.2, 0) is 0 Å². The monoisotopic (exact) mass is 235 g/mol. The molecule has 0 saturated carbocycles. The molecule has 0 aliphatic rings. The molecule has 4 heteroatoms. The van der Waals surface area contributed by atoms with Gasteiger partial charge in [0, 0.05) is 25.0 Å². The van der Waals surface area contributed by atoms with Crippen LogP contribution < -0.4 is 5.73 Å². The van der Waals surface area contributed by atoms with Crippen molar-refractivity contribution in [2.45, 2.75) is 33.7 Å². The number of nitrogens with two attached hydrogens (primary N) is 1. The first kappa shape index (κ1) is 13.5. The normalized spacial score (nSPS) is 13.2. The highest BCUT2D eigenvalue weighted by Crippen LogP contribution is 2.24. The third-order valence-corrected chi connectivity index (χ3v) is 3.16. The maximum absolute atomic E-state index is 12.2. The summed E-state index contributed by atoms with van der Waals surface area (Å²) in [4.78, 5) is 18.0. The first-order valence-electron chi connectivity index (χ1n) is 5.72. The fraction of sp³-hybridized carbons (Fsp3) is 0.538. The summed E-state index contributed by atoms with van der Waals surface area (Å²) in [7, 11) is 1.79. The zero-order chi connectivity index (χ0) is 13.2. The minimum atomic E-state index is -0.0975. The quantitative estimate of drug-likeness (QED) is 0.854. The van der Waals surface area contributed by atoms with E-state index in [4.69, 9.17) is 5.73 Å². The largest absolute Gasteiger partial charge is 0.399 e. The van der Waals surface area contributed by atoms with Crippen molar-refractivity contribution in [3.8, 4) is 0 Å². The molecule has 0 aliphatic heterocycles. The Morgan fingerprint density at radius 2 is 2.06 bits per heavy atom. The summed E-state index contributed by atoms with van der Waals surface area (Å²) in [5.41, 5.74) is 6.63. The molecule has 0 aliphatic carbocycles. The second-order valence-electron chi connectivity index (χ2n) is 5.43. The molecule has 0 fully saturated rings. The molecule has 1 unspecified atom stereocenters. The standard InChI is InChI=1S/C13H21N3O/c1-9(13(2,3)4)16(5)12(17)11-8-10(14)6-7-15-11/h6-9H,1-5H3,(H2,14,15). The summed E-state index contributed by atoms with van der Waals surface area (Å²) in [5.74, 6) is -0.0975. The Hall–Kier alpha value is -1.58. The lowest BCUT2D eigenvalue weighted by Gasteiger charge is -2.35. The molecule has 1 rings (SSSR count). The molecule has 0 saturated heterocycles. The van der Waals surface area contributed by atoms with Gasteiger partial charge in [-0.25, -0.2) is 0 Å². The van der Waals surface area contributed by atoms with E-state index in [0.29, 0.717) is 11.4 Å². The Kier molecular flexibility index (Phi) is 3.76. The fourth-order valence-electron chi connectivity index (χ4n) is 1.50. The molecule has 1 heterocycles. The van der Waals surface area contributed by atoms with Crippen LogP contribution >= 0.6 is 0 Å². The molecule has 4 nitrogen and oxygen atoms in total. The Morgan fingerprint density at radius 1 is 1.47 bits per heavy atom. The van der Waals surface area contributed by atoms with Crippen LogP contribution in [0.15, 0.2) is 18.3 Å². The van der Waals surface area contributed by atoms with Crippen molar-refractivity contribution in [1.29, 1.82) is 0 Å². The van der Waals surface area contributed by atoms with Crippen LogP contribution in [0.4, 0.5) is 5.69 Å². The smallest absolute Gasteiger partial charge is 0.272 e. The van der Waals surface area contributed by atoms with Crippen molar-refractivity contribution in [3.63, 3.8) is 0 Å². The highest BCUT2D eigenvalue weighted by Gasteiger charge is 2.28. The second-order valence-corrected chi connectivity index (χ2v) is 5.43. The zero-order valence-electron chi connectivity index (χ0n) is 11.2. The molecule has 0 radical (unpaired) electrons. The average Bonchev–Trinajstić information content (AvgIpc) is 2.25. The number of carbonyl (C=O) groups is 1. The SMILES string of the molecule is CC(N(C)C(=O)c1cc(N)ccn1)C(C)(C)C.